The fraction of sp³-hybridized carbons (Fsp3) is 1.00. The number of rotatable bonds is 10. The molecule has 0 heterocycles. The number of hydrogen-bond donors (Lipinski definition) is 0. The van der Waals surface area contributed by atoms with Gasteiger partial charge in [0.05, 0.1) is 0 Å². The number of hydrogen-bond acceptors (Lipinski definition) is 0. The first kappa shape index (κ1) is 14.7. The summed E-state index contributed by atoms with van der Waals surface area (Å²) in [5.41, 5.74) is 0. The lowest BCUT2D eigenvalue weighted by Crippen LogP contribution is -2.17. The van der Waals surface area contributed by atoms with Crippen LogP contribution in [-0.2, 0) is 0 Å². The van der Waals surface area contributed by atoms with Gasteiger partial charge in [0.15, 0.2) is 0 Å². The van der Waals surface area contributed by atoms with Crippen molar-refractivity contribution in [2.45, 2.75) is 70.9 Å². The largest absolute Gasteiger partial charge is 0.0746 e. The first-order valence-electron chi connectivity index (χ1n) is 6.81. The Morgan fingerprint density at radius 3 is 1.93 bits per heavy atom. The highest BCUT2D eigenvalue weighted by molar-refractivity contribution is 7.31. The lowest BCUT2D eigenvalue weighted by Gasteiger charge is -2.05. The molecule has 0 amide bonds. The van der Waals surface area contributed by atoms with Gasteiger partial charge >= 0.3 is 0 Å². The Morgan fingerprint density at radius 1 is 0.929 bits per heavy atom. The van der Waals surface area contributed by atoms with Gasteiger partial charge in [0, 0.05) is 8.31 Å². The third kappa shape index (κ3) is 10.7. The molecular weight excluding hydrogens is 216 g/mol. The Bertz CT molecular complexity index is 107. The van der Waals surface area contributed by atoms with E-state index in [1.807, 2.05) is 0 Å². The molecule has 0 aromatic rings. The molecule has 0 N–H and O–H groups in total. The second kappa shape index (κ2) is 11.7. The Hall–Kier alpha value is 0.651. The molecule has 0 bridgehead atoms. The molecule has 0 aliphatic rings. The van der Waals surface area contributed by atoms with Crippen LogP contribution >= 0.6 is 0 Å². The zero-order valence-electron chi connectivity index (χ0n) is 10.6. The summed E-state index contributed by atoms with van der Waals surface area (Å²) < 4.78 is 0. The first-order chi connectivity index (χ1) is 6.81. The molecule has 0 saturated heterocycles. The average molecular weight is 247 g/mol. The summed E-state index contributed by atoms with van der Waals surface area (Å²) in [6.07, 6.45) is 12.0. The van der Waals surface area contributed by atoms with Crippen LogP contribution in [0.4, 0.5) is 0 Å². The maximum atomic E-state index is 2.61. The van der Waals surface area contributed by atoms with E-state index in [1.54, 1.807) is 28.6 Å². The van der Waals surface area contributed by atoms with Crippen molar-refractivity contribution >= 4 is 26.6 Å². The van der Waals surface area contributed by atoms with Gasteiger partial charge in [0.25, 0.3) is 0 Å². The van der Waals surface area contributed by atoms with E-state index < -0.39 is 0 Å². The van der Waals surface area contributed by atoms with E-state index in [2.05, 4.69) is 13.5 Å². The monoisotopic (exact) mass is 246 g/mol. The van der Waals surface area contributed by atoms with Gasteiger partial charge in [0.2, 0.25) is 0 Å². The molecule has 0 aliphatic carbocycles. The minimum Gasteiger partial charge on any atom is -0.0746 e. The van der Waals surface area contributed by atoms with Crippen LogP contribution in [0, 0.1) is 0 Å². The summed E-state index contributed by atoms with van der Waals surface area (Å²) in [6, 6.07) is 1.69. The molecule has 86 valence electrons. The third-order valence-corrected chi connectivity index (χ3v) is 24.0. The van der Waals surface area contributed by atoms with Crippen molar-refractivity contribution in [3.63, 3.8) is 0 Å². The SMILES string of the molecule is CCCCCCCCCC[SiH](C)[SiH2][SiH3]. The van der Waals surface area contributed by atoms with Crippen molar-refractivity contribution in [1.29, 1.82) is 0 Å². The second-order valence-corrected chi connectivity index (χ2v) is 22.4. The van der Waals surface area contributed by atoms with E-state index in [-0.39, 0.29) is 8.31 Å². The van der Waals surface area contributed by atoms with Gasteiger partial charge in [-0.1, -0.05) is 70.9 Å². The van der Waals surface area contributed by atoms with Crippen molar-refractivity contribution in [2.75, 3.05) is 0 Å². The van der Waals surface area contributed by atoms with E-state index in [4.69, 9.17) is 0 Å². The van der Waals surface area contributed by atoms with Crippen LogP contribution in [0.1, 0.15) is 58.3 Å². The predicted molar refractivity (Wildman–Crippen MR) is 78.9 cm³/mol. The smallest absolute Gasteiger partial charge is 0.0176 e. The van der Waals surface area contributed by atoms with Crippen LogP contribution in [-0.4, -0.2) is 26.6 Å². The molecule has 0 radical (unpaired) electrons. The van der Waals surface area contributed by atoms with E-state index in [9.17, 15) is 0 Å². The molecule has 1 unspecified atom stereocenters. The van der Waals surface area contributed by atoms with E-state index in [1.165, 1.54) is 38.5 Å². The molecule has 3 heteroatoms. The molecule has 0 aliphatic heterocycles. The topological polar surface area (TPSA) is 0 Å². The lowest BCUT2D eigenvalue weighted by atomic mass is 10.1. The van der Waals surface area contributed by atoms with E-state index in [0.29, 0.717) is 8.55 Å². The van der Waals surface area contributed by atoms with Gasteiger partial charge in [-0.3, -0.25) is 0 Å². The maximum absolute atomic E-state index is 2.61. The fourth-order valence-corrected chi connectivity index (χ4v) is 8.99. The highest BCUT2D eigenvalue weighted by Crippen LogP contribution is 2.10. The molecule has 0 aromatic carbocycles. The quantitative estimate of drug-likeness (QED) is 0.408. The van der Waals surface area contributed by atoms with Gasteiger partial charge in [-0.15, -0.1) is 0 Å². The lowest BCUT2D eigenvalue weighted by molar-refractivity contribution is 0.584. The van der Waals surface area contributed by atoms with Gasteiger partial charge in [-0.05, 0) is 18.3 Å². The van der Waals surface area contributed by atoms with Crippen molar-refractivity contribution in [3.05, 3.63) is 0 Å². The Morgan fingerprint density at radius 2 is 1.43 bits per heavy atom. The minimum atomic E-state index is -0.0507. The van der Waals surface area contributed by atoms with Crippen LogP contribution < -0.4 is 0 Å². The van der Waals surface area contributed by atoms with Crippen molar-refractivity contribution in [1.82, 2.24) is 0 Å². The Balaban J connectivity index is 2.92. The van der Waals surface area contributed by atoms with E-state index in [0.717, 1.165) is 0 Å². The predicted octanol–water partition coefficient (Wildman–Crippen LogP) is 1.93. The van der Waals surface area contributed by atoms with Gasteiger partial charge in [-0.25, -0.2) is 0 Å². The maximum Gasteiger partial charge on any atom is 0.0176 e. The zero-order chi connectivity index (χ0) is 10.6. The van der Waals surface area contributed by atoms with Crippen molar-refractivity contribution in [2.24, 2.45) is 0 Å². The van der Waals surface area contributed by atoms with Crippen molar-refractivity contribution in [3.8, 4) is 0 Å². The van der Waals surface area contributed by atoms with Crippen molar-refractivity contribution < 1.29 is 0 Å². The minimum absolute atomic E-state index is 0.0507. The summed E-state index contributed by atoms with van der Waals surface area (Å²) in [5.74, 6) is 0. The molecule has 0 nitrogen and oxygen atoms in total. The molecule has 0 saturated carbocycles. The molecule has 0 fully saturated rings. The molecule has 0 rings (SSSR count). The summed E-state index contributed by atoms with van der Waals surface area (Å²) in [6.45, 7) is 4.91. The summed E-state index contributed by atoms with van der Waals surface area (Å²) in [7, 11) is 2.11. The zero-order valence-corrected chi connectivity index (χ0v) is 15.2. The average Bonchev–Trinajstić information content (AvgIpc) is 2.21. The second-order valence-electron chi connectivity index (χ2n) is 4.78. The summed E-state index contributed by atoms with van der Waals surface area (Å²) >= 11 is 0. The van der Waals surface area contributed by atoms with Crippen LogP contribution in [0.25, 0.3) is 0 Å². The van der Waals surface area contributed by atoms with Gasteiger partial charge < -0.3 is 0 Å². The Labute approximate surface area is 97.7 Å². The van der Waals surface area contributed by atoms with Gasteiger partial charge in [0.1, 0.15) is 0 Å². The molecule has 0 aromatic heterocycles. The fourth-order valence-electron chi connectivity index (χ4n) is 1.83. The van der Waals surface area contributed by atoms with E-state index >= 15 is 0 Å². The van der Waals surface area contributed by atoms with Crippen LogP contribution in [0.15, 0.2) is 0 Å². The third-order valence-electron chi connectivity index (χ3n) is 3.25. The normalized spacial score (nSPS) is 14.1. The first-order valence-corrected chi connectivity index (χ1v) is 17.7. The Kier molecular flexibility index (Phi) is 12.3. The van der Waals surface area contributed by atoms with Crippen LogP contribution in [0.5, 0.6) is 0 Å². The molecule has 1 atom stereocenters. The molecule has 14 heavy (non-hydrogen) atoms. The highest BCUT2D eigenvalue weighted by Gasteiger charge is 1.99. The summed E-state index contributed by atoms with van der Waals surface area (Å²) in [4.78, 5) is 0. The van der Waals surface area contributed by atoms with Crippen LogP contribution in [0.3, 0.4) is 0 Å². The van der Waals surface area contributed by atoms with Crippen LogP contribution in [0.2, 0.25) is 12.6 Å². The van der Waals surface area contributed by atoms with Gasteiger partial charge in [-0.2, -0.15) is 0 Å². The molecule has 0 spiro atoms. The molecular formula is C11H30Si3. The highest BCUT2D eigenvalue weighted by atomic mass is 29.5. The number of unbranched alkanes of at least 4 members (excludes halogenated alkanes) is 7. The standard InChI is InChI=1S/C11H30Si3/c1-3-4-5-6-7-8-9-10-11-14(2)13-12/h14H,3-11,13H2,1-2,12H3. The summed E-state index contributed by atoms with van der Waals surface area (Å²) in [5, 5.41) is 0.